The maximum atomic E-state index is 12.9. The summed E-state index contributed by atoms with van der Waals surface area (Å²) in [5.74, 6) is 0.620. The van der Waals surface area contributed by atoms with Crippen molar-refractivity contribution >= 4 is 5.91 Å². The van der Waals surface area contributed by atoms with E-state index in [2.05, 4.69) is 19.9 Å². The number of hydrogen-bond donors (Lipinski definition) is 0. The number of benzene rings is 1. The second kappa shape index (κ2) is 3.68. The molecule has 1 heterocycles. The van der Waals surface area contributed by atoms with Gasteiger partial charge in [-0.1, -0.05) is 32.0 Å². The lowest BCUT2D eigenvalue weighted by molar-refractivity contribution is 0.0430. The molecule has 3 aliphatic rings. The van der Waals surface area contributed by atoms with E-state index in [0.717, 1.165) is 19.4 Å². The van der Waals surface area contributed by atoms with Crippen molar-refractivity contribution in [3.05, 3.63) is 35.9 Å². The molecule has 0 N–H and O–H groups in total. The summed E-state index contributed by atoms with van der Waals surface area (Å²) in [4.78, 5) is 14.8. The number of nitrogens with zero attached hydrogens (tertiary/aromatic N) is 2. The van der Waals surface area contributed by atoms with Gasteiger partial charge in [0.25, 0.3) is 5.91 Å². The molecule has 4 rings (SSSR count). The summed E-state index contributed by atoms with van der Waals surface area (Å²) in [7, 11) is 0. The normalized spacial score (nSPS) is 43.1. The Morgan fingerprint density at radius 1 is 1.33 bits per heavy atom. The summed E-state index contributed by atoms with van der Waals surface area (Å²) in [6.07, 6.45) is 3.14. The third-order valence-corrected chi connectivity index (χ3v) is 7.01. The van der Waals surface area contributed by atoms with Gasteiger partial charge in [0.2, 0.25) is 0 Å². The number of carbonyl (C=O) groups excluding carboxylic acids is 1. The average molecular weight is 280 g/mol. The van der Waals surface area contributed by atoms with Crippen LogP contribution in [-0.4, -0.2) is 22.9 Å². The summed E-state index contributed by atoms with van der Waals surface area (Å²) >= 11 is 0. The molecular formula is C18H20N2O. The van der Waals surface area contributed by atoms with Crippen molar-refractivity contribution in [3.63, 3.8) is 0 Å². The molecule has 3 fully saturated rings. The van der Waals surface area contributed by atoms with Gasteiger partial charge in [-0.05, 0) is 42.7 Å². The maximum Gasteiger partial charge on any atom is 0.255 e. The van der Waals surface area contributed by atoms with Gasteiger partial charge in [-0.15, -0.1) is 0 Å². The van der Waals surface area contributed by atoms with Gasteiger partial charge in [-0.2, -0.15) is 5.26 Å². The van der Waals surface area contributed by atoms with E-state index in [1.54, 1.807) is 0 Å². The Kier molecular flexibility index (Phi) is 2.26. The Bertz CT molecular complexity index is 664. The number of rotatable bonds is 1. The molecule has 0 radical (unpaired) electrons. The van der Waals surface area contributed by atoms with E-state index >= 15 is 0 Å². The van der Waals surface area contributed by atoms with Gasteiger partial charge in [0.15, 0.2) is 0 Å². The highest BCUT2D eigenvalue weighted by Crippen LogP contribution is 2.75. The lowest BCUT2D eigenvalue weighted by Gasteiger charge is -2.43. The summed E-state index contributed by atoms with van der Waals surface area (Å²) in [6, 6.07) is 12.0. The molecule has 1 saturated heterocycles. The Morgan fingerprint density at radius 3 is 2.67 bits per heavy atom. The van der Waals surface area contributed by atoms with Crippen molar-refractivity contribution in [1.29, 1.82) is 5.26 Å². The van der Waals surface area contributed by atoms with Gasteiger partial charge < -0.3 is 4.90 Å². The van der Waals surface area contributed by atoms with E-state index in [4.69, 9.17) is 0 Å². The van der Waals surface area contributed by atoms with E-state index in [9.17, 15) is 10.1 Å². The quantitative estimate of drug-likeness (QED) is 0.792. The minimum atomic E-state index is -0.600. The molecule has 0 spiro atoms. The molecule has 2 saturated carbocycles. The van der Waals surface area contributed by atoms with Crippen LogP contribution >= 0.6 is 0 Å². The van der Waals surface area contributed by atoms with Crippen LogP contribution in [0.3, 0.4) is 0 Å². The summed E-state index contributed by atoms with van der Waals surface area (Å²) in [6.45, 7) is 5.26. The first-order valence-electron chi connectivity index (χ1n) is 7.77. The molecule has 3 heteroatoms. The van der Waals surface area contributed by atoms with Crippen molar-refractivity contribution in [2.75, 3.05) is 6.54 Å². The fourth-order valence-electron chi connectivity index (χ4n) is 5.49. The lowest BCUT2D eigenvalue weighted by Crippen LogP contribution is -2.54. The molecule has 0 aromatic heterocycles. The van der Waals surface area contributed by atoms with Gasteiger partial charge in [0, 0.05) is 17.5 Å². The van der Waals surface area contributed by atoms with Crippen molar-refractivity contribution in [2.45, 2.75) is 38.6 Å². The first kappa shape index (κ1) is 12.9. The van der Waals surface area contributed by atoms with Gasteiger partial charge in [-0.3, -0.25) is 4.79 Å². The van der Waals surface area contributed by atoms with Crippen LogP contribution in [-0.2, 0) is 0 Å². The number of carbonyl (C=O) groups is 1. The van der Waals surface area contributed by atoms with E-state index in [1.165, 1.54) is 6.42 Å². The Hall–Kier alpha value is -1.82. The second-order valence-corrected chi connectivity index (χ2v) is 7.42. The molecule has 108 valence electrons. The number of amides is 1. The molecular weight excluding hydrogens is 260 g/mol. The zero-order chi connectivity index (χ0) is 14.9. The number of likely N-dealkylation sites (tertiary alicyclic amines) is 1. The van der Waals surface area contributed by atoms with Crippen LogP contribution in [0.2, 0.25) is 0 Å². The Balaban J connectivity index is 1.80. The largest absolute Gasteiger partial charge is 0.319 e. The van der Waals surface area contributed by atoms with Crippen molar-refractivity contribution in [2.24, 2.45) is 16.7 Å². The molecule has 3 nitrogen and oxygen atoms in total. The molecule has 1 aromatic carbocycles. The number of piperidine rings is 1. The molecule has 4 atom stereocenters. The topological polar surface area (TPSA) is 44.1 Å². The number of hydrogen-bond acceptors (Lipinski definition) is 2. The SMILES string of the molecule is C[C@@]12CC[C@@H]3C[C@@]1(C#N)N(C(=O)c1ccccc1)C[C@@]32C. The highest BCUT2D eigenvalue weighted by atomic mass is 16.2. The fraction of sp³-hybridized carbons (Fsp3) is 0.556. The zero-order valence-electron chi connectivity index (χ0n) is 12.6. The second-order valence-electron chi connectivity index (χ2n) is 7.42. The van der Waals surface area contributed by atoms with Crippen molar-refractivity contribution < 1.29 is 4.79 Å². The van der Waals surface area contributed by atoms with Crippen molar-refractivity contribution in [3.8, 4) is 6.07 Å². The van der Waals surface area contributed by atoms with Gasteiger partial charge in [-0.25, -0.2) is 0 Å². The van der Waals surface area contributed by atoms with E-state index in [0.29, 0.717) is 11.5 Å². The van der Waals surface area contributed by atoms with E-state index in [1.807, 2.05) is 35.2 Å². The maximum absolute atomic E-state index is 12.9. The highest BCUT2D eigenvalue weighted by molar-refractivity contribution is 5.95. The van der Waals surface area contributed by atoms with Gasteiger partial charge >= 0.3 is 0 Å². The monoisotopic (exact) mass is 280 g/mol. The summed E-state index contributed by atoms with van der Waals surface area (Å²) in [5, 5.41) is 9.97. The standard InChI is InChI=1S/C18H20N2O/c1-16-12-20(15(21)13-6-4-3-5-7-13)18(11-19)10-14(16)8-9-17(16,18)2/h3-7,14H,8-10,12H2,1-2H3/t14-,16+,17+,18+/m1/s1. The van der Waals surface area contributed by atoms with Gasteiger partial charge in [0.1, 0.15) is 5.54 Å². The van der Waals surface area contributed by atoms with Gasteiger partial charge in [0.05, 0.1) is 6.07 Å². The molecule has 4 bridgehead atoms. The zero-order valence-corrected chi connectivity index (χ0v) is 12.6. The molecule has 2 aliphatic carbocycles. The van der Waals surface area contributed by atoms with Crippen LogP contribution < -0.4 is 0 Å². The Labute approximate surface area is 125 Å². The van der Waals surface area contributed by atoms with Crippen LogP contribution in [0, 0.1) is 28.1 Å². The lowest BCUT2D eigenvalue weighted by atomic mass is 9.66. The average Bonchev–Trinajstić information content (AvgIpc) is 2.96. The molecule has 0 unspecified atom stereocenters. The van der Waals surface area contributed by atoms with Crippen LogP contribution in [0.25, 0.3) is 0 Å². The van der Waals surface area contributed by atoms with Crippen LogP contribution in [0.5, 0.6) is 0 Å². The minimum Gasteiger partial charge on any atom is -0.319 e. The van der Waals surface area contributed by atoms with Crippen LogP contribution in [0.4, 0.5) is 0 Å². The minimum absolute atomic E-state index is 0.0208. The predicted octanol–water partition coefficient (Wildman–Crippen LogP) is 3.23. The highest BCUT2D eigenvalue weighted by Gasteiger charge is 2.78. The van der Waals surface area contributed by atoms with Crippen molar-refractivity contribution in [1.82, 2.24) is 4.90 Å². The molecule has 1 aromatic rings. The van der Waals surface area contributed by atoms with Crippen LogP contribution in [0.1, 0.15) is 43.5 Å². The third-order valence-electron chi connectivity index (χ3n) is 7.01. The smallest absolute Gasteiger partial charge is 0.255 e. The molecule has 21 heavy (non-hydrogen) atoms. The summed E-state index contributed by atoms with van der Waals surface area (Å²) < 4.78 is 0. The van der Waals surface area contributed by atoms with Crippen LogP contribution in [0.15, 0.2) is 30.3 Å². The first-order chi connectivity index (χ1) is 9.98. The predicted molar refractivity (Wildman–Crippen MR) is 79.4 cm³/mol. The third kappa shape index (κ3) is 1.19. The van der Waals surface area contributed by atoms with E-state index in [-0.39, 0.29) is 16.7 Å². The molecule has 1 amide bonds. The number of nitriles is 1. The fourth-order valence-corrected chi connectivity index (χ4v) is 5.49. The van der Waals surface area contributed by atoms with E-state index < -0.39 is 5.54 Å². The first-order valence-corrected chi connectivity index (χ1v) is 7.77. The molecule has 1 aliphatic heterocycles. The summed E-state index contributed by atoms with van der Waals surface area (Å²) in [5.41, 5.74) is 0.150. The Morgan fingerprint density at radius 2 is 2.05 bits per heavy atom.